The second-order valence-electron chi connectivity index (χ2n) is 10.9. The molecule has 8 nitrogen and oxygen atoms in total. The molecular weight excluding hydrogens is 610 g/mol. The zero-order valence-electron chi connectivity index (χ0n) is 21.8. The molecule has 2 fully saturated rings. The van der Waals surface area contributed by atoms with Crippen molar-refractivity contribution in [2.24, 2.45) is 11.8 Å². The summed E-state index contributed by atoms with van der Waals surface area (Å²) in [6.07, 6.45) is -2.35. The Hall–Kier alpha value is -3.48. The zero-order valence-corrected chi connectivity index (χ0v) is 23.3. The Morgan fingerprint density at radius 2 is 1.85 bits per heavy atom. The molecule has 2 unspecified atom stereocenters. The number of nitrogens with one attached hydrogen (secondary N) is 1. The summed E-state index contributed by atoms with van der Waals surface area (Å²) in [5, 5.41) is 7.65. The fraction of sp³-hybridized carbons (Fsp3) is 0.429. The van der Waals surface area contributed by atoms with Gasteiger partial charge in [-0.25, -0.2) is 0 Å². The number of hydrogen-bond donors (Lipinski definition) is 1. The Bertz CT molecular complexity index is 1530. The molecule has 4 heterocycles. The van der Waals surface area contributed by atoms with Crippen LogP contribution in [0.4, 0.5) is 23.2 Å². The fourth-order valence-corrected chi connectivity index (χ4v) is 7.23. The number of hydrogen-bond acceptors (Lipinski definition) is 4. The summed E-state index contributed by atoms with van der Waals surface area (Å²) in [7, 11) is 0. The molecule has 13 heteroatoms. The van der Waals surface area contributed by atoms with Gasteiger partial charge in [-0.3, -0.25) is 23.9 Å². The molecule has 3 aliphatic rings. The van der Waals surface area contributed by atoms with E-state index in [1.807, 2.05) is 0 Å². The smallest absolute Gasteiger partial charge is 0.340 e. The number of aromatic amines is 1. The van der Waals surface area contributed by atoms with E-state index >= 15 is 0 Å². The average Bonchev–Trinajstić information content (AvgIpc) is 3.66. The lowest BCUT2D eigenvalue weighted by molar-refractivity contribution is -0.181. The molecule has 3 amide bonds. The summed E-state index contributed by atoms with van der Waals surface area (Å²) in [4.78, 5) is 44.6. The number of rotatable bonds is 4. The molecule has 2 saturated heterocycles. The van der Waals surface area contributed by atoms with Gasteiger partial charge < -0.3 is 14.7 Å². The van der Waals surface area contributed by atoms with Gasteiger partial charge in [0.05, 0.1) is 29.7 Å². The van der Waals surface area contributed by atoms with Crippen molar-refractivity contribution >= 4 is 50.2 Å². The van der Waals surface area contributed by atoms with Crippen LogP contribution in [0.25, 0.3) is 10.9 Å². The van der Waals surface area contributed by atoms with Crippen LogP contribution in [0.2, 0.25) is 0 Å². The van der Waals surface area contributed by atoms with E-state index in [1.54, 1.807) is 47.5 Å². The molecule has 0 aliphatic carbocycles. The lowest BCUT2D eigenvalue weighted by atomic mass is 9.73. The van der Waals surface area contributed by atoms with Gasteiger partial charge in [0.2, 0.25) is 11.8 Å². The van der Waals surface area contributed by atoms with E-state index in [0.717, 1.165) is 15.8 Å². The van der Waals surface area contributed by atoms with Gasteiger partial charge in [0.15, 0.2) is 0 Å². The molecule has 216 valence electrons. The quantitative estimate of drug-likeness (QED) is 0.429. The van der Waals surface area contributed by atoms with E-state index in [1.165, 1.54) is 4.90 Å². The van der Waals surface area contributed by atoms with Crippen LogP contribution in [0.15, 0.2) is 47.1 Å². The summed E-state index contributed by atoms with van der Waals surface area (Å²) in [6, 6.07) is 10.5. The fourth-order valence-electron chi connectivity index (χ4n) is 6.49. The number of carbonyl (C=O) groups is 3. The summed E-state index contributed by atoms with van der Waals surface area (Å²) in [5.74, 6) is -4.41. The summed E-state index contributed by atoms with van der Waals surface area (Å²) in [5.41, 5.74) is 1.55. The highest BCUT2D eigenvalue weighted by atomic mass is 79.9. The molecule has 1 N–H and O–H groups in total. The number of likely N-dealkylation sites (tertiary alicyclic amines) is 2. The van der Waals surface area contributed by atoms with Crippen molar-refractivity contribution < 1.29 is 31.9 Å². The monoisotopic (exact) mass is 635 g/mol. The Kier molecular flexibility index (Phi) is 6.82. The van der Waals surface area contributed by atoms with Crippen LogP contribution in [-0.2, 0) is 15.0 Å². The molecule has 41 heavy (non-hydrogen) atoms. The number of halogens is 5. The minimum atomic E-state index is -4.62. The van der Waals surface area contributed by atoms with E-state index in [4.69, 9.17) is 0 Å². The van der Waals surface area contributed by atoms with Crippen LogP contribution in [0.5, 0.6) is 0 Å². The number of carbonyl (C=O) groups excluding carboxylic acids is 3. The Morgan fingerprint density at radius 1 is 1.10 bits per heavy atom. The minimum Gasteiger partial charge on any atom is -0.340 e. The maximum absolute atomic E-state index is 14.0. The van der Waals surface area contributed by atoms with Crippen molar-refractivity contribution in [1.82, 2.24) is 20.0 Å². The number of aromatic nitrogens is 2. The highest BCUT2D eigenvalue weighted by Crippen LogP contribution is 2.51. The second kappa shape index (κ2) is 10.1. The summed E-state index contributed by atoms with van der Waals surface area (Å²) in [6.45, 7) is -2.00. The first-order valence-corrected chi connectivity index (χ1v) is 14.1. The van der Waals surface area contributed by atoms with Gasteiger partial charge in [-0.1, -0.05) is 22.0 Å². The topological polar surface area (TPSA) is 89.6 Å². The molecule has 0 bridgehead atoms. The van der Waals surface area contributed by atoms with E-state index < -0.39 is 49.1 Å². The van der Waals surface area contributed by atoms with Gasteiger partial charge >= 0.3 is 6.18 Å². The number of amides is 3. The predicted octanol–water partition coefficient (Wildman–Crippen LogP) is 4.45. The molecule has 2 aromatic carbocycles. The van der Waals surface area contributed by atoms with Gasteiger partial charge in [-0.2, -0.15) is 18.3 Å². The Balaban J connectivity index is 1.21. The van der Waals surface area contributed by atoms with Crippen LogP contribution in [0.1, 0.15) is 28.8 Å². The van der Waals surface area contributed by atoms with Crippen LogP contribution in [-0.4, -0.2) is 83.3 Å². The van der Waals surface area contributed by atoms with Crippen LogP contribution in [0.3, 0.4) is 0 Å². The maximum Gasteiger partial charge on any atom is 0.393 e. The van der Waals surface area contributed by atoms with Crippen LogP contribution in [0, 0.1) is 11.8 Å². The average molecular weight is 636 g/mol. The first-order valence-electron chi connectivity index (χ1n) is 13.3. The number of piperidine rings is 1. The maximum atomic E-state index is 14.0. The molecule has 0 radical (unpaired) electrons. The third kappa shape index (κ3) is 4.58. The van der Waals surface area contributed by atoms with E-state index in [0.29, 0.717) is 47.2 Å². The predicted molar refractivity (Wildman–Crippen MR) is 145 cm³/mol. The highest BCUT2D eigenvalue weighted by Gasteiger charge is 2.55. The molecule has 1 aromatic heterocycles. The minimum absolute atomic E-state index is 0.163. The van der Waals surface area contributed by atoms with Gasteiger partial charge in [0, 0.05) is 58.8 Å². The third-order valence-corrected chi connectivity index (χ3v) is 9.37. The first-order chi connectivity index (χ1) is 19.5. The second-order valence-corrected chi connectivity index (χ2v) is 11.8. The van der Waals surface area contributed by atoms with E-state index in [9.17, 15) is 31.9 Å². The summed E-state index contributed by atoms with van der Waals surface area (Å²) < 4.78 is 54.3. The number of alkyl halides is 4. The van der Waals surface area contributed by atoms with Crippen LogP contribution >= 0.6 is 15.9 Å². The Labute approximate surface area is 240 Å². The SMILES string of the molecule is O=C(CN1C(=O)C2(CCN(C(=O)c3ccc4[nH]ncc4c3)CC2)c2c(Br)cccc21)N1CC(CF)C(C(F)(F)F)C1. The lowest BCUT2D eigenvalue weighted by Crippen LogP contribution is -2.51. The number of H-pyrrole nitrogens is 1. The third-order valence-electron chi connectivity index (χ3n) is 8.71. The number of anilines is 1. The highest BCUT2D eigenvalue weighted by molar-refractivity contribution is 9.10. The van der Waals surface area contributed by atoms with Crippen molar-refractivity contribution in [1.29, 1.82) is 0 Å². The van der Waals surface area contributed by atoms with Gasteiger partial charge in [-0.05, 0) is 43.2 Å². The van der Waals surface area contributed by atoms with Crippen LogP contribution < -0.4 is 4.90 Å². The van der Waals surface area contributed by atoms with Crippen molar-refractivity contribution in [3.63, 3.8) is 0 Å². The first kappa shape index (κ1) is 27.7. The van der Waals surface area contributed by atoms with Crippen molar-refractivity contribution in [3.05, 3.63) is 58.2 Å². The zero-order chi connectivity index (χ0) is 29.1. The molecule has 1 spiro atoms. The molecule has 2 atom stereocenters. The van der Waals surface area contributed by atoms with E-state index in [-0.39, 0.29) is 18.4 Å². The lowest BCUT2D eigenvalue weighted by Gasteiger charge is -2.39. The summed E-state index contributed by atoms with van der Waals surface area (Å²) >= 11 is 3.56. The normalized spacial score (nSPS) is 22.2. The molecule has 6 rings (SSSR count). The number of nitrogens with zero attached hydrogens (tertiary/aromatic N) is 4. The van der Waals surface area contributed by atoms with Crippen molar-refractivity contribution in [2.75, 3.05) is 44.3 Å². The molecular formula is C28H26BrF4N5O3. The molecule has 3 aliphatic heterocycles. The largest absolute Gasteiger partial charge is 0.393 e. The van der Waals surface area contributed by atoms with Gasteiger partial charge in [-0.15, -0.1) is 0 Å². The molecule has 3 aromatic rings. The Morgan fingerprint density at radius 3 is 2.54 bits per heavy atom. The van der Waals surface area contributed by atoms with Crippen molar-refractivity contribution in [2.45, 2.75) is 24.4 Å². The van der Waals surface area contributed by atoms with Gasteiger partial charge in [0.25, 0.3) is 5.91 Å². The number of benzene rings is 2. The van der Waals surface area contributed by atoms with E-state index in [2.05, 4.69) is 26.1 Å². The van der Waals surface area contributed by atoms with Crippen molar-refractivity contribution in [3.8, 4) is 0 Å². The standard InChI is InChI=1S/C28H26BrF4N5O3/c29-20-2-1-3-22-24(20)27(6-8-36(9-7-27)25(40)16-4-5-21-17(10-16)12-34-35-21)26(41)38(22)15-23(39)37-13-18(11-30)19(14-37)28(31,32)33/h1-5,10,12,18-19H,6-9,11,13-15H2,(H,34,35). The van der Waals surface area contributed by atoms with Gasteiger partial charge in [0.1, 0.15) is 6.54 Å². The molecule has 0 saturated carbocycles. The number of fused-ring (bicyclic) bond motifs is 3.